The number of likely N-dealkylation sites (tertiary alicyclic amines) is 2. The smallest absolute Gasteiger partial charge is 0.408 e. The van der Waals surface area contributed by atoms with E-state index in [-0.39, 0.29) is 17.7 Å². The highest BCUT2D eigenvalue weighted by atomic mass is 16.6. The average Bonchev–Trinajstić information content (AvgIpc) is 2.96. The summed E-state index contributed by atoms with van der Waals surface area (Å²) in [7, 11) is 0. The van der Waals surface area contributed by atoms with Crippen LogP contribution in [0, 0.1) is 17.8 Å². The van der Waals surface area contributed by atoms with E-state index in [4.69, 9.17) is 4.74 Å². The number of ether oxygens (including phenoxy) is 1. The standard InChI is InChI=1S/C37H46N4O4/c1-23(2)15-31(39-36(44)45-37(3,4)5)35(43)41-20-24-16-25(21-41)19-40(18-24)22-32(42)38-17-29-12-11-28-10-9-26-7-6-8-27-13-14-30(29)34(28)33(26)27/h6-14,23-25,31H,15-22H2,1-5H3,(H,38,42)(H,39,44)/t24?,25?,31-/m0/s1. The molecule has 8 heteroatoms. The summed E-state index contributed by atoms with van der Waals surface area (Å²) in [4.78, 5) is 43.5. The lowest BCUT2D eigenvalue weighted by Crippen LogP contribution is -2.58. The molecule has 2 N–H and O–H groups in total. The quantitative estimate of drug-likeness (QED) is 0.242. The lowest BCUT2D eigenvalue weighted by atomic mass is 9.84. The molecule has 2 unspecified atom stereocenters. The number of nitrogens with zero attached hydrogens (tertiary/aromatic N) is 2. The van der Waals surface area contributed by atoms with E-state index in [1.807, 2.05) is 25.7 Å². The number of hydrogen-bond acceptors (Lipinski definition) is 5. The maximum Gasteiger partial charge on any atom is 0.408 e. The fourth-order valence-electron chi connectivity index (χ4n) is 7.46. The molecule has 0 spiro atoms. The molecule has 8 nitrogen and oxygen atoms in total. The van der Waals surface area contributed by atoms with Gasteiger partial charge in [-0.1, -0.05) is 68.4 Å². The van der Waals surface area contributed by atoms with E-state index in [0.717, 1.165) is 25.1 Å². The van der Waals surface area contributed by atoms with Crippen LogP contribution in [0.25, 0.3) is 32.3 Å². The van der Waals surface area contributed by atoms with Gasteiger partial charge in [-0.3, -0.25) is 14.5 Å². The minimum atomic E-state index is -0.630. The number of amides is 3. The normalized spacial score (nSPS) is 19.7. The first-order chi connectivity index (χ1) is 21.4. The minimum absolute atomic E-state index is 0.0205. The number of piperidine rings is 2. The molecule has 3 amide bonds. The average molecular weight is 611 g/mol. The van der Waals surface area contributed by atoms with Crippen molar-refractivity contribution >= 4 is 50.2 Å². The molecule has 238 valence electrons. The first-order valence-corrected chi connectivity index (χ1v) is 16.4. The van der Waals surface area contributed by atoms with E-state index in [0.29, 0.717) is 44.4 Å². The third kappa shape index (κ3) is 7.01. The Morgan fingerprint density at radius 1 is 0.867 bits per heavy atom. The van der Waals surface area contributed by atoms with Crippen molar-refractivity contribution in [2.75, 3.05) is 32.7 Å². The molecule has 45 heavy (non-hydrogen) atoms. The Morgan fingerprint density at radius 3 is 2.13 bits per heavy atom. The summed E-state index contributed by atoms with van der Waals surface area (Å²) in [5.74, 6) is 0.825. The first-order valence-electron chi connectivity index (χ1n) is 16.4. The zero-order valence-electron chi connectivity index (χ0n) is 27.2. The molecule has 6 rings (SSSR count). The molecule has 2 bridgehead atoms. The molecule has 2 aliphatic heterocycles. The fourth-order valence-corrected chi connectivity index (χ4v) is 7.46. The summed E-state index contributed by atoms with van der Waals surface area (Å²) in [6.45, 7) is 13.2. The number of carbonyl (C=O) groups is 3. The van der Waals surface area contributed by atoms with Gasteiger partial charge in [-0.05, 0) is 89.2 Å². The third-order valence-electron chi connectivity index (χ3n) is 9.13. The maximum absolute atomic E-state index is 13.6. The number of hydrogen-bond donors (Lipinski definition) is 2. The summed E-state index contributed by atoms with van der Waals surface area (Å²) >= 11 is 0. The van der Waals surface area contributed by atoms with Crippen LogP contribution >= 0.6 is 0 Å². The number of carbonyl (C=O) groups excluding carboxylic acids is 3. The largest absolute Gasteiger partial charge is 0.444 e. The molecule has 2 heterocycles. The van der Waals surface area contributed by atoms with Gasteiger partial charge in [-0.15, -0.1) is 0 Å². The Labute approximate surface area is 265 Å². The molecule has 2 saturated heterocycles. The molecule has 4 aromatic carbocycles. The Morgan fingerprint density at radius 2 is 1.49 bits per heavy atom. The molecule has 3 atom stereocenters. The van der Waals surface area contributed by atoms with Crippen LogP contribution in [0.1, 0.15) is 53.0 Å². The SMILES string of the molecule is CC(C)C[C@H](NC(=O)OC(C)(C)C)C(=O)N1CC2CC(CN(CC(=O)NCc3ccc4ccc5cccc6ccc3c4c56)C2)C1. The van der Waals surface area contributed by atoms with Gasteiger partial charge in [0.2, 0.25) is 11.8 Å². The molecule has 2 fully saturated rings. The number of nitrogens with one attached hydrogen (secondary N) is 2. The van der Waals surface area contributed by atoms with Gasteiger partial charge in [0.05, 0.1) is 6.54 Å². The van der Waals surface area contributed by atoms with Crippen molar-refractivity contribution < 1.29 is 19.1 Å². The molecule has 2 aliphatic rings. The van der Waals surface area contributed by atoms with Crippen LogP contribution in [0.15, 0.2) is 54.6 Å². The second kappa shape index (κ2) is 12.5. The van der Waals surface area contributed by atoms with E-state index in [1.165, 1.54) is 32.3 Å². The van der Waals surface area contributed by atoms with Crippen LogP contribution in [0.4, 0.5) is 4.79 Å². The predicted molar refractivity (Wildman–Crippen MR) is 179 cm³/mol. The van der Waals surface area contributed by atoms with Gasteiger partial charge >= 0.3 is 6.09 Å². The molecule has 0 aromatic heterocycles. The van der Waals surface area contributed by atoms with Crippen molar-refractivity contribution in [3.05, 3.63) is 60.2 Å². The number of fused-ring (bicyclic) bond motifs is 2. The van der Waals surface area contributed by atoms with Crippen molar-refractivity contribution in [2.24, 2.45) is 17.8 Å². The zero-order chi connectivity index (χ0) is 31.9. The number of benzene rings is 4. The Bertz CT molecular complexity index is 1680. The van der Waals surface area contributed by atoms with Gasteiger partial charge in [0.15, 0.2) is 0 Å². The molecule has 4 aromatic rings. The van der Waals surface area contributed by atoms with Gasteiger partial charge in [-0.25, -0.2) is 4.79 Å². The molecule has 0 aliphatic carbocycles. The van der Waals surface area contributed by atoms with Crippen LogP contribution in [-0.4, -0.2) is 72.1 Å². The van der Waals surface area contributed by atoms with Crippen molar-refractivity contribution in [1.82, 2.24) is 20.4 Å². The second-order valence-electron chi connectivity index (χ2n) is 14.6. The highest BCUT2D eigenvalue weighted by Gasteiger charge is 2.38. The third-order valence-corrected chi connectivity index (χ3v) is 9.13. The monoisotopic (exact) mass is 610 g/mol. The minimum Gasteiger partial charge on any atom is -0.444 e. The maximum atomic E-state index is 13.6. The first kappa shape index (κ1) is 31.1. The highest BCUT2D eigenvalue weighted by molar-refractivity contribution is 6.23. The van der Waals surface area contributed by atoms with Crippen molar-refractivity contribution in [3.63, 3.8) is 0 Å². The topological polar surface area (TPSA) is 91.0 Å². The van der Waals surface area contributed by atoms with Crippen LogP contribution in [-0.2, 0) is 20.9 Å². The number of rotatable bonds is 8. The van der Waals surface area contributed by atoms with Crippen LogP contribution < -0.4 is 10.6 Å². The van der Waals surface area contributed by atoms with Crippen LogP contribution in [0.5, 0.6) is 0 Å². The number of alkyl carbamates (subject to hydrolysis) is 1. The fraction of sp³-hybridized carbons (Fsp3) is 0.486. The molecular weight excluding hydrogens is 564 g/mol. The molecule has 0 saturated carbocycles. The van der Waals surface area contributed by atoms with E-state index < -0.39 is 17.7 Å². The van der Waals surface area contributed by atoms with Crippen molar-refractivity contribution in [2.45, 2.75) is 65.6 Å². The highest BCUT2D eigenvalue weighted by Crippen LogP contribution is 2.36. The van der Waals surface area contributed by atoms with Gasteiger partial charge in [0.25, 0.3) is 0 Å². The summed E-state index contributed by atoms with van der Waals surface area (Å²) in [6.07, 6.45) is 1.05. The van der Waals surface area contributed by atoms with Gasteiger partial charge in [0, 0.05) is 32.7 Å². The van der Waals surface area contributed by atoms with E-state index >= 15 is 0 Å². The van der Waals surface area contributed by atoms with Crippen LogP contribution in [0.2, 0.25) is 0 Å². The summed E-state index contributed by atoms with van der Waals surface area (Å²) in [5.41, 5.74) is 0.490. The van der Waals surface area contributed by atoms with E-state index in [2.05, 4.69) is 84.0 Å². The Kier molecular flexibility index (Phi) is 8.61. The van der Waals surface area contributed by atoms with Gasteiger partial charge in [-0.2, -0.15) is 0 Å². The van der Waals surface area contributed by atoms with Crippen LogP contribution in [0.3, 0.4) is 0 Å². The molecule has 0 radical (unpaired) electrons. The Hall–Kier alpha value is -3.91. The summed E-state index contributed by atoms with van der Waals surface area (Å²) < 4.78 is 5.44. The van der Waals surface area contributed by atoms with E-state index in [9.17, 15) is 14.4 Å². The second-order valence-corrected chi connectivity index (χ2v) is 14.6. The lowest BCUT2D eigenvalue weighted by Gasteiger charge is -2.46. The van der Waals surface area contributed by atoms with Gasteiger partial charge < -0.3 is 20.3 Å². The molecular formula is C37H46N4O4. The van der Waals surface area contributed by atoms with Crippen molar-refractivity contribution in [3.8, 4) is 0 Å². The predicted octanol–water partition coefficient (Wildman–Crippen LogP) is 5.92. The van der Waals surface area contributed by atoms with Crippen molar-refractivity contribution in [1.29, 1.82) is 0 Å². The lowest BCUT2D eigenvalue weighted by molar-refractivity contribution is -0.139. The Balaban J connectivity index is 1.05. The van der Waals surface area contributed by atoms with E-state index in [1.54, 1.807) is 0 Å². The van der Waals surface area contributed by atoms with Gasteiger partial charge in [0.1, 0.15) is 11.6 Å². The summed E-state index contributed by atoms with van der Waals surface area (Å²) in [5, 5.41) is 13.4. The zero-order valence-corrected chi connectivity index (χ0v) is 27.2. The summed E-state index contributed by atoms with van der Waals surface area (Å²) in [6, 6.07) is 18.8.